The lowest BCUT2D eigenvalue weighted by Crippen LogP contribution is -2.04. The fraction of sp³-hybridized carbons (Fsp3) is 0.250. The van der Waals surface area contributed by atoms with Crippen molar-refractivity contribution < 1.29 is 4.74 Å². The Morgan fingerprint density at radius 1 is 1.47 bits per heavy atom. The van der Waals surface area contributed by atoms with Gasteiger partial charge >= 0.3 is 0 Å². The number of halogens is 1. The number of nitrogens with two attached hydrogens (primary N) is 1. The van der Waals surface area contributed by atoms with Gasteiger partial charge in [-0.25, -0.2) is 4.98 Å². The normalized spacial score (nSPS) is 10.6. The molecule has 2 N–H and O–H groups in total. The average molecular weight is 252 g/mol. The smallest absolute Gasteiger partial charge is 0.139 e. The first-order valence-electron chi connectivity index (χ1n) is 5.22. The van der Waals surface area contributed by atoms with Crippen LogP contribution in [0.25, 0.3) is 11.4 Å². The van der Waals surface area contributed by atoms with Crippen LogP contribution in [0.1, 0.15) is 5.69 Å². The molecule has 17 heavy (non-hydrogen) atoms. The van der Waals surface area contributed by atoms with E-state index in [0.717, 1.165) is 17.1 Å². The van der Waals surface area contributed by atoms with Crippen LogP contribution in [0.15, 0.2) is 24.4 Å². The molecule has 90 valence electrons. The van der Waals surface area contributed by atoms with Crippen molar-refractivity contribution in [1.29, 1.82) is 0 Å². The summed E-state index contributed by atoms with van der Waals surface area (Å²) in [5.41, 5.74) is 7.53. The van der Waals surface area contributed by atoms with E-state index in [4.69, 9.17) is 22.1 Å². The predicted molar refractivity (Wildman–Crippen MR) is 68.1 cm³/mol. The zero-order valence-corrected chi connectivity index (χ0v) is 10.5. The number of rotatable bonds is 3. The molecule has 2 aromatic rings. The molecule has 0 bridgehead atoms. The summed E-state index contributed by atoms with van der Waals surface area (Å²) in [6.45, 7) is 0.466. The van der Waals surface area contributed by atoms with Crippen LogP contribution in [0.2, 0.25) is 5.02 Å². The SMILES string of the molecule is COc1ccc(-c2ncc(CN)n2C)cc1Cl. The summed E-state index contributed by atoms with van der Waals surface area (Å²) >= 11 is 6.09. The van der Waals surface area contributed by atoms with Gasteiger partial charge < -0.3 is 15.0 Å². The molecule has 0 aliphatic heterocycles. The maximum Gasteiger partial charge on any atom is 0.139 e. The van der Waals surface area contributed by atoms with Crippen LogP contribution in [0.5, 0.6) is 5.75 Å². The monoisotopic (exact) mass is 251 g/mol. The summed E-state index contributed by atoms with van der Waals surface area (Å²) in [6.07, 6.45) is 1.77. The predicted octanol–water partition coefficient (Wildman–Crippen LogP) is 2.21. The number of benzene rings is 1. The van der Waals surface area contributed by atoms with E-state index in [2.05, 4.69) is 4.98 Å². The zero-order chi connectivity index (χ0) is 12.4. The molecule has 0 aliphatic carbocycles. The highest BCUT2D eigenvalue weighted by atomic mass is 35.5. The first kappa shape index (κ1) is 12.0. The van der Waals surface area contributed by atoms with Crippen molar-refractivity contribution in [1.82, 2.24) is 9.55 Å². The van der Waals surface area contributed by atoms with E-state index in [1.54, 1.807) is 13.3 Å². The van der Waals surface area contributed by atoms with Crippen LogP contribution < -0.4 is 10.5 Å². The van der Waals surface area contributed by atoms with Crippen LogP contribution in [0, 0.1) is 0 Å². The van der Waals surface area contributed by atoms with Crippen LogP contribution >= 0.6 is 11.6 Å². The summed E-state index contributed by atoms with van der Waals surface area (Å²) in [4.78, 5) is 4.34. The number of aromatic nitrogens is 2. The molecule has 4 nitrogen and oxygen atoms in total. The van der Waals surface area contributed by atoms with Gasteiger partial charge in [-0.2, -0.15) is 0 Å². The fourth-order valence-electron chi connectivity index (χ4n) is 1.71. The second-order valence-corrected chi connectivity index (χ2v) is 4.09. The largest absolute Gasteiger partial charge is 0.495 e. The number of nitrogens with zero attached hydrogens (tertiary/aromatic N) is 2. The van der Waals surface area contributed by atoms with E-state index < -0.39 is 0 Å². The third-order valence-corrected chi connectivity index (χ3v) is 3.00. The van der Waals surface area contributed by atoms with Gasteiger partial charge in [0.25, 0.3) is 0 Å². The van der Waals surface area contributed by atoms with Gasteiger partial charge in [-0.05, 0) is 18.2 Å². The van der Waals surface area contributed by atoms with Gasteiger partial charge in [0.1, 0.15) is 11.6 Å². The lowest BCUT2D eigenvalue weighted by atomic mass is 10.2. The number of hydrogen-bond acceptors (Lipinski definition) is 3. The second-order valence-electron chi connectivity index (χ2n) is 3.69. The Labute approximate surface area is 105 Å². The summed E-state index contributed by atoms with van der Waals surface area (Å²) in [5, 5.41) is 0.572. The molecule has 0 aliphatic rings. The molecule has 0 radical (unpaired) electrons. The molecule has 0 saturated heterocycles. The minimum atomic E-state index is 0.466. The minimum absolute atomic E-state index is 0.466. The van der Waals surface area contributed by atoms with E-state index >= 15 is 0 Å². The Kier molecular flexibility index (Phi) is 3.36. The van der Waals surface area contributed by atoms with Crippen molar-refractivity contribution in [3.63, 3.8) is 0 Å². The zero-order valence-electron chi connectivity index (χ0n) is 9.77. The van der Waals surface area contributed by atoms with Gasteiger partial charge in [0.2, 0.25) is 0 Å². The minimum Gasteiger partial charge on any atom is -0.495 e. The molecule has 1 heterocycles. The van der Waals surface area contributed by atoms with Crippen molar-refractivity contribution in [3.05, 3.63) is 35.1 Å². The Bertz CT molecular complexity index is 537. The highest BCUT2D eigenvalue weighted by molar-refractivity contribution is 6.32. The van der Waals surface area contributed by atoms with Crippen LogP contribution in [-0.2, 0) is 13.6 Å². The molecule has 2 rings (SSSR count). The molecule has 1 aromatic heterocycles. The summed E-state index contributed by atoms with van der Waals surface area (Å²) in [7, 11) is 3.52. The number of imidazole rings is 1. The van der Waals surface area contributed by atoms with Gasteiger partial charge in [0.05, 0.1) is 24.0 Å². The maximum absolute atomic E-state index is 6.09. The Balaban J connectivity index is 2.46. The molecule has 0 spiro atoms. The Hall–Kier alpha value is -1.52. The second kappa shape index (κ2) is 4.77. The van der Waals surface area contributed by atoms with Crippen molar-refractivity contribution in [2.24, 2.45) is 12.8 Å². The number of methoxy groups -OCH3 is 1. The van der Waals surface area contributed by atoms with Crippen LogP contribution in [0.3, 0.4) is 0 Å². The van der Waals surface area contributed by atoms with Crippen molar-refractivity contribution in [2.75, 3.05) is 7.11 Å². The fourth-order valence-corrected chi connectivity index (χ4v) is 1.97. The van der Waals surface area contributed by atoms with E-state index in [1.165, 1.54) is 0 Å². The summed E-state index contributed by atoms with van der Waals surface area (Å²) in [5.74, 6) is 1.50. The van der Waals surface area contributed by atoms with Crippen molar-refractivity contribution in [2.45, 2.75) is 6.54 Å². The third kappa shape index (κ3) is 2.14. The van der Waals surface area contributed by atoms with Gasteiger partial charge in [-0.15, -0.1) is 0 Å². The third-order valence-electron chi connectivity index (χ3n) is 2.70. The summed E-state index contributed by atoms with van der Waals surface area (Å²) < 4.78 is 7.07. The van der Waals surface area contributed by atoms with Crippen LogP contribution in [-0.4, -0.2) is 16.7 Å². The molecule has 0 atom stereocenters. The van der Waals surface area contributed by atoms with Gasteiger partial charge in [0, 0.05) is 19.2 Å². The molecule has 0 fully saturated rings. The molecule has 5 heteroatoms. The van der Waals surface area contributed by atoms with E-state index in [-0.39, 0.29) is 0 Å². The Morgan fingerprint density at radius 2 is 2.24 bits per heavy atom. The molecular formula is C12H14ClN3O. The lowest BCUT2D eigenvalue weighted by Gasteiger charge is -2.07. The topological polar surface area (TPSA) is 53.1 Å². The molecule has 0 saturated carbocycles. The van der Waals surface area contributed by atoms with E-state index in [1.807, 2.05) is 29.8 Å². The first-order chi connectivity index (χ1) is 8.17. The van der Waals surface area contributed by atoms with Gasteiger partial charge in [-0.3, -0.25) is 0 Å². The highest BCUT2D eigenvalue weighted by Gasteiger charge is 2.09. The standard InChI is InChI=1S/C12H14ClN3O/c1-16-9(6-14)7-15-12(16)8-3-4-11(17-2)10(13)5-8/h3-5,7H,6,14H2,1-2H3. The lowest BCUT2D eigenvalue weighted by molar-refractivity contribution is 0.415. The van der Waals surface area contributed by atoms with Crippen molar-refractivity contribution in [3.8, 4) is 17.1 Å². The number of hydrogen-bond donors (Lipinski definition) is 1. The number of ether oxygens (including phenoxy) is 1. The molecular weight excluding hydrogens is 238 g/mol. The van der Waals surface area contributed by atoms with Gasteiger partial charge in [0.15, 0.2) is 0 Å². The maximum atomic E-state index is 6.09. The molecule has 1 aromatic carbocycles. The highest BCUT2D eigenvalue weighted by Crippen LogP contribution is 2.29. The van der Waals surface area contributed by atoms with Gasteiger partial charge in [-0.1, -0.05) is 11.6 Å². The van der Waals surface area contributed by atoms with E-state index in [0.29, 0.717) is 17.3 Å². The molecule has 0 unspecified atom stereocenters. The summed E-state index contributed by atoms with van der Waals surface area (Å²) in [6, 6.07) is 5.59. The first-order valence-corrected chi connectivity index (χ1v) is 5.59. The quantitative estimate of drug-likeness (QED) is 0.910. The van der Waals surface area contributed by atoms with Crippen molar-refractivity contribution >= 4 is 11.6 Å². The average Bonchev–Trinajstić information content (AvgIpc) is 2.70. The Morgan fingerprint density at radius 3 is 2.76 bits per heavy atom. The molecule has 0 amide bonds. The van der Waals surface area contributed by atoms with Crippen LogP contribution in [0.4, 0.5) is 0 Å². The van der Waals surface area contributed by atoms with E-state index in [9.17, 15) is 0 Å².